The standard InChI is InChI=1S/C8H5F3O3.C4H8/c9-8(10,11)5-3-1-2-4-6(5)14-7(12)13;1-3-4-2/h1-4H,(H,12,13);3H,1,4H2,2H3. The van der Waals surface area contributed by atoms with Crippen molar-refractivity contribution in [2.45, 2.75) is 19.5 Å². The van der Waals surface area contributed by atoms with Gasteiger partial charge in [0.15, 0.2) is 0 Å². The van der Waals surface area contributed by atoms with Crippen molar-refractivity contribution in [3.05, 3.63) is 42.5 Å². The first kappa shape index (κ1) is 16.0. The smallest absolute Gasteiger partial charge is 0.449 e. The molecule has 1 rings (SSSR count). The summed E-state index contributed by atoms with van der Waals surface area (Å²) in [6.07, 6.45) is -3.44. The van der Waals surface area contributed by atoms with Gasteiger partial charge >= 0.3 is 12.3 Å². The summed E-state index contributed by atoms with van der Waals surface area (Å²) in [5.74, 6) is -0.715. The van der Waals surface area contributed by atoms with Gasteiger partial charge in [-0.3, -0.25) is 0 Å². The molecule has 1 N–H and O–H groups in total. The van der Waals surface area contributed by atoms with Crippen molar-refractivity contribution in [1.29, 1.82) is 0 Å². The maximum absolute atomic E-state index is 12.2. The third-order valence-electron chi connectivity index (χ3n) is 1.68. The summed E-state index contributed by atoms with van der Waals surface area (Å²) in [6, 6.07) is 4.10. The van der Waals surface area contributed by atoms with Crippen molar-refractivity contribution in [2.24, 2.45) is 0 Å². The summed E-state index contributed by atoms with van der Waals surface area (Å²) in [7, 11) is 0. The fraction of sp³-hybridized carbons (Fsp3) is 0.250. The minimum absolute atomic E-state index is 0.715. The quantitative estimate of drug-likeness (QED) is 0.489. The molecule has 6 heteroatoms. The van der Waals surface area contributed by atoms with Gasteiger partial charge in [0.2, 0.25) is 0 Å². The predicted octanol–water partition coefficient (Wildman–Crippen LogP) is 4.34. The van der Waals surface area contributed by atoms with Crippen LogP contribution in [0.15, 0.2) is 36.9 Å². The maximum atomic E-state index is 12.2. The number of hydrogen-bond donors (Lipinski definition) is 1. The van der Waals surface area contributed by atoms with Crippen LogP contribution in [-0.4, -0.2) is 11.3 Å². The molecule has 18 heavy (non-hydrogen) atoms. The molecule has 3 nitrogen and oxygen atoms in total. The lowest BCUT2D eigenvalue weighted by molar-refractivity contribution is -0.138. The van der Waals surface area contributed by atoms with E-state index in [1.807, 2.05) is 6.08 Å². The summed E-state index contributed by atoms with van der Waals surface area (Å²) < 4.78 is 40.6. The van der Waals surface area contributed by atoms with E-state index in [1.54, 1.807) is 0 Å². The molecule has 0 aliphatic carbocycles. The van der Waals surface area contributed by atoms with Gasteiger partial charge in [-0.25, -0.2) is 4.79 Å². The Morgan fingerprint density at radius 3 is 2.33 bits per heavy atom. The molecule has 0 aliphatic rings. The topological polar surface area (TPSA) is 46.5 Å². The van der Waals surface area contributed by atoms with Crippen LogP contribution in [0, 0.1) is 0 Å². The number of carboxylic acid groups (broad SMARTS) is 1. The zero-order valence-electron chi connectivity index (χ0n) is 9.70. The van der Waals surface area contributed by atoms with Crippen LogP contribution in [0.5, 0.6) is 5.75 Å². The first-order valence-electron chi connectivity index (χ1n) is 5.00. The molecule has 0 amide bonds. The Balaban J connectivity index is 0.000000631. The highest BCUT2D eigenvalue weighted by molar-refractivity contribution is 5.62. The number of allylic oxidation sites excluding steroid dienone is 1. The molecule has 1 aromatic carbocycles. The van der Waals surface area contributed by atoms with Crippen LogP contribution in [-0.2, 0) is 6.18 Å². The average molecular weight is 262 g/mol. The van der Waals surface area contributed by atoms with Crippen LogP contribution in [0.2, 0.25) is 0 Å². The minimum atomic E-state index is -4.62. The summed E-state index contributed by atoms with van der Waals surface area (Å²) >= 11 is 0. The lowest BCUT2D eigenvalue weighted by Crippen LogP contribution is -2.11. The van der Waals surface area contributed by atoms with E-state index in [0.717, 1.165) is 24.6 Å². The second-order valence-electron chi connectivity index (χ2n) is 3.06. The molecular formula is C12H13F3O3. The molecule has 0 aromatic heterocycles. The van der Waals surface area contributed by atoms with Crippen LogP contribution < -0.4 is 4.74 Å². The SMILES string of the molecule is C=CCC.O=C(O)Oc1ccccc1C(F)(F)F. The maximum Gasteiger partial charge on any atom is 0.511 e. The van der Waals surface area contributed by atoms with E-state index < -0.39 is 23.6 Å². The van der Waals surface area contributed by atoms with E-state index in [-0.39, 0.29) is 0 Å². The lowest BCUT2D eigenvalue weighted by atomic mass is 10.2. The Morgan fingerprint density at radius 2 is 1.94 bits per heavy atom. The van der Waals surface area contributed by atoms with Gasteiger partial charge in [-0.2, -0.15) is 13.2 Å². The zero-order chi connectivity index (χ0) is 14.2. The molecule has 1 aromatic rings. The van der Waals surface area contributed by atoms with Gasteiger partial charge in [-0.05, 0) is 18.6 Å². The summed E-state index contributed by atoms with van der Waals surface area (Å²) in [6.45, 7) is 5.54. The number of halogens is 3. The Labute approximate surface area is 103 Å². The second kappa shape index (κ2) is 7.37. The number of hydrogen-bond acceptors (Lipinski definition) is 2. The van der Waals surface area contributed by atoms with E-state index in [9.17, 15) is 18.0 Å². The molecule has 0 saturated heterocycles. The van der Waals surface area contributed by atoms with Gasteiger partial charge in [-0.15, -0.1) is 6.58 Å². The van der Waals surface area contributed by atoms with Gasteiger partial charge in [-0.1, -0.05) is 25.1 Å². The predicted molar refractivity (Wildman–Crippen MR) is 60.6 cm³/mol. The van der Waals surface area contributed by atoms with Crippen molar-refractivity contribution in [1.82, 2.24) is 0 Å². The monoisotopic (exact) mass is 262 g/mol. The summed E-state index contributed by atoms with van der Waals surface area (Å²) in [4.78, 5) is 10.1. The van der Waals surface area contributed by atoms with Crippen molar-refractivity contribution < 1.29 is 27.8 Å². The van der Waals surface area contributed by atoms with Crippen LogP contribution in [0.1, 0.15) is 18.9 Å². The van der Waals surface area contributed by atoms with Crippen molar-refractivity contribution >= 4 is 6.16 Å². The summed E-state index contributed by atoms with van der Waals surface area (Å²) in [5, 5.41) is 8.17. The first-order chi connectivity index (χ1) is 8.32. The number of carbonyl (C=O) groups is 1. The van der Waals surface area contributed by atoms with E-state index in [2.05, 4.69) is 18.2 Å². The molecular weight excluding hydrogens is 249 g/mol. The Kier molecular flexibility index (Phi) is 6.56. The molecule has 0 heterocycles. The molecule has 0 saturated carbocycles. The molecule has 100 valence electrons. The van der Waals surface area contributed by atoms with Crippen molar-refractivity contribution in [3.8, 4) is 5.75 Å². The zero-order valence-corrected chi connectivity index (χ0v) is 9.70. The lowest BCUT2D eigenvalue weighted by Gasteiger charge is -2.10. The van der Waals surface area contributed by atoms with Crippen molar-refractivity contribution in [2.75, 3.05) is 0 Å². The van der Waals surface area contributed by atoms with Gasteiger partial charge < -0.3 is 9.84 Å². The number of para-hydroxylation sites is 1. The minimum Gasteiger partial charge on any atom is -0.449 e. The van der Waals surface area contributed by atoms with E-state index in [0.29, 0.717) is 0 Å². The normalized spacial score (nSPS) is 10.0. The Morgan fingerprint density at radius 1 is 1.44 bits per heavy atom. The molecule has 0 bridgehead atoms. The highest BCUT2D eigenvalue weighted by Crippen LogP contribution is 2.35. The van der Waals surface area contributed by atoms with Gasteiger partial charge in [0, 0.05) is 0 Å². The fourth-order valence-corrected chi connectivity index (χ4v) is 0.884. The van der Waals surface area contributed by atoms with E-state index >= 15 is 0 Å². The largest absolute Gasteiger partial charge is 0.511 e. The molecule has 0 aliphatic heterocycles. The van der Waals surface area contributed by atoms with Crippen LogP contribution in [0.25, 0.3) is 0 Å². The van der Waals surface area contributed by atoms with Crippen LogP contribution in [0.3, 0.4) is 0 Å². The van der Waals surface area contributed by atoms with Gasteiger partial charge in [0.05, 0.1) is 5.56 Å². The Hall–Kier alpha value is -1.98. The highest BCUT2D eigenvalue weighted by atomic mass is 19.4. The van der Waals surface area contributed by atoms with E-state index in [4.69, 9.17) is 5.11 Å². The Bertz CT molecular complexity index is 400. The van der Waals surface area contributed by atoms with Gasteiger partial charge in [0.1, 0.15) is 5.75 Å². The van der Waals surface area contributed by atoms with Crippen LogP contribution in [0.4, 0.5) is 18.0 Å². The molecule has 0 unspecified atom stereocenters. The summed E-state index contributed by atoms with van der Waals surface area (Å²) in [5.41, 5.74) is -1.11. The molecule has 0 spiro atoms. The molecule has 0 radical (unpaired) electrons. The fourth-order valence-electron chi connectivity index (χ4n) is 0.884. The first-order valence-corrected chi connectivity index (χ1v) is 5.00. The average Bonchev–Trinajstić information content (AvgIpc) is 2.28. The highest BCUT2D eigenvalue weighted by Gasteiger charge is 2.34. The third kappa shape index (κ3) is 5.93. The number of ether oxygens (including phenoxy) is 1. The number of rotatable bonds is 2. The molecule has 0 atom stereocenters. The van der Waals surface area contributed by atoms with Gasteiger partial charge in [0.25, 0.3) is 0 Å². The van der Waals surface area contributed by atoms with E-state index in [1.165, 1.54) is 6.07 Å². The second-order valence-corrected chi connectivity index (χ2v) is 3.06. The third-order valence-corrected chi connectivity index (χ3v) is 1.68. The number of alkyl halides is 3. The number of benzene rings is 1. The van der Waals surface area contributed by atoms with Crippen LogP contribution >= 0.6 is 0 Å². The van der Waals surface area contributed by atoms with Crippen molar-refractivity contribution in [3.63, 3.8) is 0 Å². The molecule has 0 fully saturated rings.